The van der Waals surface area contributed by atoms with Crippen molar-refractivity contribution < 1.29 is 13.2 Å². The van der Waals surface area contributed by atoms with E-state index in [0.29, 0.717) is 17.2 Å². The van der Waals surface area contributed by atoms with E-state index >= 15 is 0 Å². The van der Waals surface area contributed by atoms with Crippen molar-refractivity contribution in [3.8, 4) is 0 Å². The molecule has 1 atom stereocenters. The first-order valence-electron chi connectivity index (χ1n) is 9.00. The molecule has 6 heteroatoms. The smallest absolute Gasteiger partial charge is 0.220 e. The summed E-state index contributed by atoms with van der Waals surface area (Å²) in [7, 11) is -3.59. The molecular formula is C20H27NO3S2. The molecule has 0 aliphatic heterocycles. The summed E-state index contributed by atoms with van der Waals surface area (Å²) in [6.45, 7) is 6.26. The maximum atomic E-state index is 13.2. The highest BCUT2D eigenvalue weighted by Gasteiger charge is 2.30. The standard InChI is InChI=1S/C20H27NO3S2/c1-4-5-8-20(22)21-14-19(18-7-6-13-25-18)26(23,24)17-11-9-16(10-12-17)15(2)3/h6-7,9-13,15,19H,4-5,8,14H2,1-3H3,(H,21,22)/t19-/m0/s1. The zero-order chi connectivity index (χ0) is 19.2. The summed E-state index contributed by atoms with van der Waals surface area (Å²) in [4.78, 5) is 13.0. The number of amides is 1. The molecule has 1 aromatic heterocycles. The van der Waals surface area contributed by atoms with E-state index in [2.05, 4.69) is 19.2 Å². The molecule has 1 aromatic carbocycles. The molecular weight excluding hydrogens is 366 g/mol. The lowest BCUT2D eigenvalue weighted by Gasteiger charge is -2.18. The number of benzene rings is 1. The molecule has 0 aliphatic rings. The van der Waals surface area contributed by atoms with Crippen LogP contribution in [0.25, 0.3) is 0 Å². The highest BCUT2D eigenvalue weighted by Crippen LogP contribution is 2.32. The largest absolute Gasteiger partial charge is 0.354 e. The summed E-state index contributed by atoms with van der Waals surface area (Å²) < 4.78 is 26.4. The zero-order valence-electron chi connectivity index (χ0n) is 15.6. The lowest BCUT2D eigenvalue weighted by atomic mass is 10.0. The Bertz CT molecular complexity index is 794. The van der Waals surface area contributed by atoms with Gasteiger partial charge in [0, 0.05) is 17.8 Å². The van der Waals surface area contributed by atoms with Crippen LogP contribution in [0.5, 0.6) is 0 Å². The van der Waals surface area contributed by atoms with Crippen LogP contribution >= 0.6 is 11.3 Å². The second-order valence-electron chi connectivity index (χ2n) is 6.68. The van der Waals surface area contributed by atoms with Gasteiger partial charge >= 0.3 is 0 Å². The number of sulfone groups is 1. The van der Waals surface area contributed by atoms with E-state index in [9.17, 15) is 13.2 Å². The van der Waals surface area contributed by atoms with Crippen molar-refractivity contribution in [2.45, 2.75) is 56.1 Å². The first kappa shape index (κ1) is 20.6. The number of rotatable bonds is 9. The summed E-state index contributed by atoms with van der Waals surface area (Å²) in [5, 5.41) is 3.89. The molecule has 0 fully saturated rings. The Labute approximate surface area is 160 Å². The Balaban J connectivity index is 2.24. The summed E-state index contributed by atoms with van der Waals surface area (Å²) in [6, 6.07) is 10.7. The third-order valence-electron chi connectivity index (χ3n) is 4.35. The number of unbranched alkanes of at least 4 members (excludes halogenated alkanes) is 1. The van der Waals surface area contributed by atoms with Gasteiger partial charge in [0.15, 0.2) is 9.84 Å². The minimum atomic E-state index is -3.59. The number of thiophene rings is 1. The molecule has 0 bridgehead atoms. The van der Waals surface area contributed by atoms with E-state index < -0.39 is 15.1 Å². The fraction of sp³-hybridized carbons (Fsp3) is 0.450. The number of carbonyl (C=O) groups is 1. The van der Waals surface area contributed by atoms with Gasteiger partial charge in [0.1, 0.15) is 5.25 Å². The van der Waals surface area contributed by atoms with Gasteiger partial charge in [-0.1, -0.05) is 45.4 Å². The van der Waals surface area contributed by atoms with Gasteiger partial charge in [0.2, 0.25) is 5.91 Å². The summed E-state index contributed by atoms with van der Waals surface area (Å²) >= 11 is 1.40. The Morgan fingerprint density at radius 1 is 1.15 bits per heavy atom. The molecule has 142 valence electrons. The van der Waals surface area contributed by atoms with Crippen molar-refractivity contribution in [2.24, 2.45) is 0 Å². The maximum Gasteiger partial charge on any atom is 0.220 e. The molecule has 2 aromatic rings. The van der Waals surface area contributed by atoms with Gasteiger partial charge < -0.3 is 5.32 Å². The van der Waals surface area contributed by atoms with Crippen LogP contribution in [-0.4, -0.2) is 20.9 Å². The van der Waals surface area contributed by atoms with Gasteiger partial charge in [0.25, 0.3) is 0 Å². The highest BCUT2D eigenvalue weighted by molar-refractivity contribution is 7.91. The molecule has 2 rings (SSSR count). The Hall–Kier alpha value is -1.66. The zero-order valence-corrected chi connectivity index (χ0v) is 17.2. The van der Waals surface area contributed by atoms with E-state index in [1.165, 1.54) is 11.3 Å². The minimum absolute atomic E-state index is 0.0946. The normalized spacial score (nSPS) is 12.9. The fourth-order valence-corrected chi connectivity index (χ4v) is 5.46. The van der Waals surface area contributed by atoms with Gasteiger partial charge in [-0.05, 0) is 41.5 Å². The number of hydrogen-bond acceptors (Lipinski definition) is 4. The summed E-state index contributed by atoms with van der Waals surface area (Å²) in [5.74, 6) is 0.247. The predicted octanol–water partition coefficient (Wildman–Crippen LogP) is 4.69. The Kier molecular flexibility index (Phi) is 7.41. The maximum absolute atomic E-state index is 13.2. The lowest BCUT2D eigenvalue weighted by molar-refractivity contribution is -0.121. The van der Waals surface area contributed by atoms with Crippen molar-refractivity contribution in [1.29, 1.82) is 0 Å². The second kappa shape index (κ2) is 9.33. The first-order valence-corrected chi connectivity index (χ1v) is 11.4. The Morgan fingerprint density at radius 3 is 2.38 bits per heavy atom. The van der Waals surface area contributed by atoms with Crippen molar-refractivity contribution >= 4 is 27.1 Å². The second-order valence-corrected chi connectivity index (χ2v) is 9.79. The highest BCUT2D eigenvalue weighted by atomic mass is 32.2. The van der Waals surface area contributed by atoms with E-state index in [1.54, 1.807) is 12.1 Å². The third kappa shape index (κ3) is 5.17. The third-order valence-corrected chi connectivity index (χ3v) is 7.59. The molecule has 4 nitrogen and oxygen atoms in total. The van der Waals surface area contributed by atoms with Crippen LogP contribution in [0.4, 0.5) is 0 Å². The van der Waals surface area contributed by atoms with Gasteiger partial charge in [-0.15, -0.1) is 11.3 Å². The van der Waals surface area contributed by atoms with Crippen LogP contribution < -0.4 is 5.32 Å². The van der Waals surface area contributed by atoms with Crippen molar-refractivity contribution in [2.75, 3.05) is 6.54 Å². The van der Waals surface area contributed by atoms with E-state index in [1.807, 2.05) is 36.6 Å². The molecule has 0 aliphatic carbocycles. The topological polar surface area (TPSA) is 63.2 Å². The average molecular weight is 394 g/mol. The van der Waals surface area contributed by atoms with Crippen LogP contribution in [0, 0.1) is 0 Å². The van der Waals surface area contributed by atoms with Gasteiger partial charge in [-0.25, -0.2) is 8.42 Å². The molecule has 1 heterocycles. The molecule has 0 saturated carbocycles. The number of nitrogens with one attached hydrogen (secondary N) is 1. The van der Waals surface area contributed by atoms with Crippen LogP contribution in [0.2, 0.25) is 0 Å². The molecule has 26 heavy (non-hydrogen) atoms. The summed E-state index contributed by atoms with van der Waals surface area (Å²) in [6.07, 6.45) is 2.16. The minimum Gasteiger partial charge on any atom is -0.354 e. The molecule has 0 saturated heterocycles. The van der Waals surface area contributed by atoms with Crippen LogP contribution in [-0.2, 0) is 14.6 Å². The van der Waals surface area contributed by atoms with Crippen molar-refractivity contribution in [3.63, 3.8) is 0 Å². The van der Waals surface area contributed by atoms with Crippen molar-refractivity contribution in [3.05, 3.63) is 52.2 Å². The van der Waals surface area contributed by atoms with E-state index in [-0.39, 0.29) is 12.5 Å². The average Bonchev–Trinajstić information content (AvgIpc) is 3.14. The predicted molar refractivity (Wildman–Crippen MR) is 107 cm³/mol. The van der Waals surface area contributed by atoms with Gasteiger partial charge in [0.05, 0.1) is 4.90 Å². The van der Waals surface area contributed by atoms with Crippen LogP contribution in [0.1, 0.15) is 61.6 Å². The molecule has 0 radical (unpaired) electrons. The quantitative estimate of drug-likeness (QED) is 0.672. The van der Waals surface area contributed by atoms with Gasteiger partial charge in [-0.3, -0.25) is 4.79 Å². The molecule has 1 amide bonds. The molecule has 0 spiro atoms. The van der Waals surface area contributed by atoms with Crippen LogP contribution in [0.15, 0.2) is 46.7 Å². The number of hydrogen-bond donors (Lipinski definition) is 1. The molecule has 0 unspecified atom stereocenters. The van der Waals surface area contributed by atoms with E-state index in [0.717, 1.165) is 23.3 Å². The van der Waals surface area contributed by atoms with E-state index in [4.69, 9.17) is 0 Å². The monoisotopic (exact) mass is 393 g/mol. The first-order chi connectivity index (χ1) is 12.4. The van der Waals surface area contributed by atoms with Crippen molar-refractivity contribution in [1.82, 2.24) is 5.32 Å². The van der Waals surface area contributed by atoms with Gasteiger partial charge in [-0.2, -0.15) is 0 Å². The SMILES string of the molecule is CCCCC(=O)NC[C@@H](c1cccs1)S(=O)(=O)c1ccc(C(C)C)cc1. The summed E-state index contributed by atoms with van der Waals surface area (Å²) in [5.41, 5.74) is 1.10. The fourth-order valence-electron chi connectivity index (χ4n) is 2.68. The van der Waals surface area contributed by atoms with Crippen LogP contribution in [0.3, 0.4) is 0 Å². The lowest BCUT2D eigenvalue weighted by Crippen LogP contribution is -2.31. The molecule has 1 N–H and O–H groups in total. The Morgan fingerprint density at radius 2 is 1.85 bits per heavy atom. The number of carbonyl (C=O) groups excluding carboxylic acids is 1.